The minimum Gasteiger partial charge on any atom is -0.481 e. The van der Waals surface area contributed by atoms with Gasteiger partial charge in [-0.15, -0.1) is 0 Å². The van der Waals surface area contributed by atoms with Crippen LogP contribution in [0, 0.1) is 5.92 Å². The Hall–Kier alpha value is -0.570. The second-order valence-electron chi connectivity index (χ2n) is 3.02. The van der Waals surface area contributed by atoms with Gasteiger partial charge in [0.25, 0.3) is 0 Å². The van der Waals surface area contributed by atoms with Crippen molar-refractivity contribution in [1.82, 2.24) is 0 Å². The molecular weight excluding hydrogens is 144 g/mol. The zero-order chi connectivity index (χ0) is 8.10. The number of carboxylic acid groups (broad SMARTS) is 1. The van der Waals surface area contributed by atoms with E-state index in [4.69, 9.17) is 9.84 Å². The van der Waals surface area contributed by atoms with Gasteiger partial charge in [-0.2, -0.15) is 0 Å². The first-order chi connectivity index (χ1) is 5.29. The molecule has 64 valence electrons. The van der Waals surface area contributed by atoms with E-state index in [2.05, 4.69) is 0 Å². The van der Waals surface area contributed by atoms with Gasteiger partial charge in [-0.1, -0.05) is 6.42 Å². The van der Waals surface area contributed by atoms with Crippen molar-refractivity contribution in [3.63, 3.8) is 0 Å². The van der Waals surface area contributed by atoms with Crippen LogP contribution < -0.4 is 0 Å². The van der Waals surface area contributed by atoms with E-state index >= 15 is 0 Å². The van der Waals surface area contributed by atoms with Gasteiger partial charge in [-0.3, -0.25) is 4.79 Å². The highest BCUT2D eigenvalue weighted by atomic mass is 16.5. The summed E-state index contributed by atoms with van der Waals surface area (Å²) in [6.45, 7) is 1.12. The van der Waals surface area contributed by atoms with Gasteiger partial charge >= 0.3 is 5.97 Å². The molecule has 0 aromatic rings. The van der Waals surface area contributed by atoms with Crippen molar-refractivity contribution >= 4 is 5.97 Å². The van der Waals surface area contributed by atoms with Crippen LogP contribution in [0.1, 0.15) is 25.7 Å². The van der Waals surface area contributed by atoms with Crippen LogP contribution in [0.25, 0.3) is 0 Å². The maximum Gasteiger partial charge on any atom is 0.305 e. The molecule has 0 heterocycles. The second-order valence-corrected chi connectivity index (χ2v) is 3.02. The Bertz CT molecular complexity index is 129. The lowest BCUT2D eigenvalue weighted by Crippen LogP contribution is -2.18. The molecule has 0 aromatic carbocycles. The molecule has 0 amide bonds. The quantitative estimate of drug-likeness (QED) is 0.613. The van der Waals surface area contributed by atoms with Gasteiger partial charge in [0.15, 0.2) is 0 Å². The van der Waals surface area contributed by atoms with Crippen LogP contribution in [0.2, 0.25) is 0 Å². The average molecular weight is 158 g/mol. The second kappa shape index (κ2) is 4.34. The van der Waals surface area contributed by atoms with Crippen LogP contribution in [0.4, 0.5) is 0 Å². The number of ether oxygens (including phenoxy) is 1. The lowest BCUT2D eigenvalue weighted by atomic mass is 9.86. The summed E-state index contributed by atoms with van der Waals surface area (Å²) in [4.78, 5) is 10.0. The van der Waals surface area contributed by atoms with E-state index in [0.717, 1.165) is 6.61 Å². The molecule has 1 saturated carbocycles. The van der Waals surface area contributed by atoms with Crippen LogP contribution in [0.3, 0.4) is 0 Å². The molecule has 0 bridgehead atoms. The third kappa shape index (κ3) is 3.37. The van der Waals surface area contributed by atoms with Crippen molar-refractivity contribution in [2.24, 2.45) is 5.92 Å². The Balaban J connectivity index is 1.83. The molecule has 0 unspecified atom stereocenters. The van der Waals surface area contributed by atoms with Gasteiger partial charge in [-0.05, 0) is 18.8 Å². The molecule has 1 aliphatic carbocycles. The fourth-order valence-corrected chi connectivity index (χ4v) is 1.07. The first kappa shape index (κ1) is 8.53. The lowest BCUT2D eigenvalue weighted by molar-refractivity contribution is -0.138. The normalized spacial score (nSPS) is 17.8. The zero-order valence-corrected chi connectivity index (χ0v) is 6.58. The largest absolute Gasteiger partial charge is 0.481 e. The number of hydrogen-bond donors (Lipinski definition) is 1. The monoisotopic (exact) mass is 158 g/mol. The summed E-state index contributed by atoms with van der Waals surface area (Å²) in [5.41, 5.74) is 0. The average Bonchev–Trinajstić information content (AvgIpc) is 1.82. The summed E-state index contributed by atoms with van der Waals surface area (Å²) in [5, 5.41) is 8.27. The summed E-state index contributed by atoms with van der Waals surface area (Å²) in [5.74, 6) is -0.0672. The molecule has 0 aromatic heterocycles. The predicted molar refractivity (Wildman–Crippen MR) is 40.4 cm³/mol. The molecule has 0 spiro atoms. The maximum absolute atomic E-state index is 10.0. The molecule has 1 fully saturated rings. The Morgan fingerprint density at radius 3 is 2.73 bits per heavy atom. The fourth-order valence-electron chi connectivity index (χ4n) is 1.07. The SMILES string of the molecule is O=C(O)CCOCC1CCC1. The number of carbonyl (C=O) groups is 1. The van der Waals surface area contributed by atoms with E-state index in [-0.39, 0.29) is 6.42 Å². The van der Waals surface area contributed by atoms with Crippen molar-refractivity contribution in [3.8, 4) is 0 Å². The molecule has 0 atom stereocenters. The Labute approximate surface area is 66.4 Å². The fraction of sp³-hybridized carbons (Fsp3) is 0.875. The van der Waals surface area contributed by atoms with Crippen molar-refractivity contribution < 1.29 is 14.6 Å². The van der Waals surface area contributed by atoms with E-state index in [1.54, 1.807) is 0 Å². The highest BCUT2D eigenvalue weighted by Crippen LogP contribution is 2.26. The van der Waals surface area contributed by atoms with E-state index < -0.39 is 5.97 Å². The molecule has 11 heavy (non-hydrogen) atoms. The molecule has 3 nitrogen and oxygen atoms in total. The summed E-state index contributed by atoms with van der Waals surface area (Å²) in [6.07, 6.45) is 3.96. The molecule has 1 N–H and O–H groups in total. The predicted octanol–water partition coefficient (Wildman–Crippen LogP) is 1.28. The van der Waals surface area contributed by atoms with E-state index in [1.807, 2.05) is 0 Å². The zero-order valence-electron chi connectivity index (χ0n) is 6.58. The standard InChI is InChI=1S/C8H14O3/c9-8(10)4-5-11-6-7-2-1-3-7/h7H,1-6H2,(H,9,10). The van der Waals surface area contributed by atoms with Crippen molar-refractivity contribution in [2.75, 3.05) is 13.2 Å². The third-order valence-electron chi connectivity index (χ3n) is 2.04. The first-order valence-corrected chi connectivity index (χ1v) is 4.08. The molecule has 1 aliphatic rings. The van der Waals surface area contributed by atoms with Gasteiger partial charge in [-0.25, -0.2) is 0 Å². The minimum absolute atomic E-state index is 0.132. The van der Waals surface area contributed by atoms with Crippen molar-refractivity contribution in [1.29, 1.82) is 0 Å². The maximum atomic E-state index is 10.0. The van der Waals surface area contributed by atoms with Gasteiger partial charge in [0.2, 0.25) is 0 Å². The van der Waals surface area contributed by atoms with Crippen LogP contribution in [0.15, 0.2) is 0 Å². The molecule has 0 radical (unpaired) electrons. The third-order valence-corrected chi connectivity index (χ3v) is 2.04. The number of hydrogen-bond acceptors (Lipinski definition) is 2. The van der Waals surface area contributed by atoms with Crippen LogP contribution in [-0.4, -0.2) is 24.3 Å². The van der Waals surface area contributed by atoms with Crippen LogP contribution >= 0.6 is 0 Å². The summed E-state index contributed by atoms with van der Waals surface area (Å²) < 4.78 is 5.17. The molecule has 1 rings (SSSR count). The highest BCUT2D eigenvalue weighted by molar-refractivity contribution is 5.66. The summed E-state index contributed by atoms with van der Waals surface area (Å²) in [6, 6.07) is 0. The van der Waals surface area contributed by atoms with Gasteiger partial charge < -0.3 is 9.84 Å². The highest BCUT2D eigenvalue weighted by Gasteiger charge is 2.16. The van der Waals surface area contributed by atoms with E-state index in [1.165, 1.54) is 19.3 Å². The topological polar surface area (TPSA) is 46.5 Å². The van der Waals surface area contributed by atoms with Gasteiger partial charge in [0.05, 0.1) is 13.0 Å². The van der Waals surface area contributed by atoms with Gasteiger partial charge in [0, 0.05) is 6.61 Å². The smallest absolute Gasteiger partial charge is 0.305 e. The molecule has 0 saturated heterocycles. The number of aliphatic carboxylic acids is 1. The van der Waals surface area contributed by atoms with Crippen molar-refractivity contribution in [2.45, 2.75) is 25.7 Å². The lowest BCUT2D eigenvalue weighted by Gasteiger charge is -2.24. The van der Waals surface area contributed by atoms with Gasteiger partial charge in [0.1, 0.15) is 0 Å². The number of rotatable bonds is 5. The summed E-state index contributed by atoms with van der Waals surface area (Å²) in [7, 11) is 0. The van der Waals surface area contributed by atoms with Crippen molar-refractivity contribution in [3.05, 3.63) is 0 Å². The minimum atomic E-state index is -0.779. The Morgan fingerprint density at radius 1 is 1.55 bits per heavy atom. The van der Waals surface area contributed by atoms with Crippen LogP contribution in [-0.2, 0) is 9.53 Å². The Morgan fingerprint density at radius 2 is 2.27 bits per heavy atom. The summed E-state index contributed by atoms with van der Waals surface area (Å²) >= 11 is 0. The van der Waals surface area contributed by atoms with E-state index in [9.17, 15) is 4.79 Å². The molecule has 0 aliphatic heterocycles. The molecular formula is C8H14O3. The Kier molecular flexibility index (Phi) is 3.36. The van der Waals surface area contributed by atoms with Crippen LogP contribution in [0.5, 0.6) is 0 Å². The van der Waals surface area contributed by atoms with E-state index in [0.29, 0.717) is 12.5 Å². The first-order valence-electron chi connectivity index (χ1n) is 4.08. The molecule has 3 heteroatoms. The number of carboxylic acids is 1.